The predicted molar refractivity (Wildman–Crippen MR) is 131 cm³/mol. The Hall–Kier alpha value is -3.92. The van der Waals surface area contributed by atoms with Crippen molar-refractivity contribution < 1.29 is 9.21 Å². The molecule has 4 nitrogen and oxygen atoms in total. The van der Waals surface area contributed by atoms with Gasteiger partial charge in [-0.3, -0.25) is 9.59 Å². The van der Waals surface area contributed by atoms with E-state index < -0.39 is 0 Å². The molecule has 4 aromatic rings. The van der Waals surface area contributed by atoms with Gasteiger partial charge in [0.25, 0.3) is 0 Å². The van der Waals surface area contributed by atoms with Gasteiger partial charge in [0.15, 0.2) is 5.43 Å². The van der Waals surface area contributed by atoms with Gasteiger partial charge in [-0.1, -0.05) is 75.4 Å². The lowest BCUT2D eigenvalue weighted by atomic mass is 9.86. The molecular weight excluding hydrogens is 398 g/mol. The molecule has 0 unspecified atom stereocenters. The molecule has 0 aliphatic heterocycles. The quantitative estimate of drug-likeness (QED) is 0.386. The van der Waals surface area contributed by atoms with Gasteiger partial charge in [-0.15, -0.1) is 0 Å². The Kier molecular flexibility index (Phi) is 5.78. The Morgan fingerprint density at radius 1 is 0.906 bits per heavy atom. The summed E-state index contributed by atoms with van der Waals surface area (Å²) in [5, 5.41) is 3.21. The first-order chi connectivity index (χ1) is 15.3. The highest BCUT2D eigenvalue weighted by atomic mass is 16.3. The molecule has 4 rings (SSSR count). The van der Waals surface area contributed by atoms with Crippen molar-refractivity contribution in [2.75, 3.05) is 5.32 Å². The second kappa shape index (κ2) is 8.67. The van der Waals surface area contributed by atoms with Gasteiger partial charge in [0.2, 0.25) is 5.91 Å². The first-order valence-corrected chi connectivity index (χ1v) is 10.5. The van der Waals surface area contributed by atoms with E-state index >= 15 is 0 Å². The van der Waals surface area contributed by atoms with E-state index in [1.807, 2.05) is 42.5 Å². The number of anilines is 1. The molecule has 1 aromatic heterocycles. The second-order valence-corrected chi connectivity index (χ2v) is 8.75. The first-order valence-electron chi connectivity index (χ1n) is 10.5. The number of nitrogens with one attached hydrogen (secondary N) is 1. The number of carbonyl (C=O) groups is 1. The summed E-state index contributed by atoms with van der Waals surface area (Å²) in [6.45, 7) is 6.48. The highest BCUT2D eigenvalue weighted by Gasteiger charge is 2.14. The van der Waals surface area contributed by atoms with Crippen LogP contribution in [-0.2, 0) is 10.2 Å². The minimum absolute atomic E-state index is 0.0554. The summed E-state index contributed by atoms with van der Waals surface area (Å²) < 4.78 is 5.99. The second-order valence-electron chi connectivity index (χ2n) is 8.75. The van der Waals surface area contributed by atoms with Gasteiger partial charge in [-0.2, -0.15) is 0 Å². The zero-order chi connectivity index (χ0) is 22.7. The summed E-state index contributed by atoms with van der Waals surface area (Å²) >= 11 is 0. The van der Waals surface area contributed by atoms with E-state index in [9.17, 15) is 9.59 Å². The monoisotopic (exact) mass is 423 g/mol. The maximum atomic E-state index is 12.8. The van der Waals surface area contributed by atoms with Crippen LogP contribution in [0.1, 0.15) is 31.9 Å². The van der Waals surface area contributed by atoms with E-state index in [2.05, 4.69) is 38.2 Å². The minimum atomic E-state index is -0.270. The third kappa shape index (κ3) is 4.86. The number of fused-ring (bicyclic) bond motifs is 1. The highest BCUT2D eigenvalue weighted by molar-refractivity contribution is 6.02. The molecule has 0 saturated heterocycles. The Morgan fingerprint density at radius 2 is 1.62 bits per heavy atom. The fourth-order valence-corrected chi connectivity index (χ4v) is 3.43. The Morgan fingerprint density at radius 3 is 2.31 bits per heavy atom. The van der Waals surface area contributed by atoms with Crippen LogP contribution < -0.4 is 10.7 Å². The van der Waals surface area contributed by atoms with Crippen LogP contribution in [0.3, 0.4) is 0 Å². The lowest BCUT2D eigenvalue weighted by Crippen LogP contribution is -2.10. The van der Waals surface area contributed by atoms with Gasteiger partial charge >= 0.3 is 0 Å². The van der Waals surface area contributed by atoms with E-state index in [-0.39, 0.29) is 16.8 Å². The van der Waals surface area contributed by atoms with Gasteiger partial charge in [0.1, 0.15) is 11.3 Å². The Labute approximate surface area is 187 Å². The highest BCUT2D eigenvalue weighted by Crippen LogP contribution is 2.27. The molecule has 0 atom stereocenters. The molecule has 1 amide bonds. The van der Waals surface area contributed by atoms with Crippen LogP contribution in [-0.4, -0.2) is 5.91 Å². The molecule has 0 saturated carbocycles. The zero-order valence-electron chi connectivity index (χ0n) is 18.4. The third-order valence-electron chi connectivity index (χ3n) is 5.26. The molecule has 0 bridgehead atoms. The zero-order valence-corrected chi connectivity index (χ0v) is 18.4. The topological polar surface area (TPSA) is 59.3 Å². The number of amides is 1. The molecule has 1 heterocycles. The van der Waals surface area contributed by atoms with Gasteiger partial charge in [0.05, 0.1) is 5.39 Å². The molecule has 0 spiro atoms. The van der Waals surface area contributed by atoms with Crippen molar-refractivity contribution in [3.63, 3.8) is 0 Å². The third-order valence-corrected chi connectivity index (χ3v) is 5.26. The molecule has 160 valence electrons. The van der Waals surface area contributed by atoms with Crippen molar-refractivity contribution >= 4 is 28.6 Å². The van der Waals surface area contributed by atoms with E-state index in [4.69, 9.17) is 4.42 Å². The van der Waals surface area contributed by atoms with Crippen LogP contribution in [0.5, 0.6) is 0 Å². The molecule has 4 heteroatoms. The summed E-state index contributed by atoms with van der Waals surface area (Å²) in [6, 6.07) is 24.2. The van der Waals surface area contributed by atoms with Crippen LogP contribution in [0.25, 0.3) is 28.4 Å². The van der Waals surface area contributed by atoms with Crippen LogP contribution in [0.4, 0.5) is 5.69 Å². The summed E-state index contributed by atoms with van der Waals surface area (Å²) in [6.07, 6.45) is 3.20. The van der Waals surface area contributed by atoms with Crippen molar-refractivity contribution in [3.8, 4) is 11.3 Å². The van der Waals surface area contributed by atoms with Crippen LogP contribution in [0.2, 0.25) is 0 Å². The minimum Gasteiger partial charge on any atom is -0.456 e. The van der Waals surface area contributed by atoms with Gasteiger partial charge < -0.3 is 9.73 Å². The normalized spacial score (nSPS) is 11.7. The maximum absolute atomic E-state index is 12.8. The lowest BCUT2D eigenvalue weighted by molar-refractivity contribution is -0.111. The molecule has 1 N–H and O–H groups in total. The van der Waals surface area contributed by atoms with Gasteiger partial charge in [0, 0.05) is 23.4 Å². The molecule has 3 aromatic carbocycles. The number of carbonyl (C=O) groups excluding carboxylic acids is 1. The van der Waals surface area contributed by atoms with Crippen LogP contribution in [0.15, 0.2) is 94.2 Å². The van der Waals surface area contributed by atoms with Crippen molar-refractivity contribution in [1.82, 2.24) is 0 Å². The Bertz CT molecular complexity index is 1340. The molecule has 0 aliphatic carbocycles. The van der Waals surface area contributed by atoms with Gasteiger partial charge in [-0.05, 0) is 40.8 Å². The average molecular weight is 424 g/mol. The van der Waals surface area contributed by atoms with E-state index in [1.54, 1.807) is 24.3 Å². The molecule has 0 radical (unpaired) electrons. The van der Waals surface area contributed by atoms with Crippen LogP contribution in [0, 0.1) is 0 Å². The van der Waals surface area contributed by atoms with E-state index in [0.29, 0.717) is 22.4 Å². The standard InChI is InChI=1S/C28H25NO3/c1-28(2,3)21-12-10-20(11-13-21)26-18-24(30)23-17-22(14-15-25(23)32-26)29-27(31)16-9-19-7-5-4-6-8-19/h4-18H,1-3H3,(H,29,31)/b16-9+. The summed E-state index contributed by atoms with van der Waals surface area (Å²) in [4.78, 5) is 25.0. The number of rotatable bonds is 4. The van der Waals surface area contributed by atoms with Crippen molar-refractivity contribution in [2.45, 2.75) is 26.2 Å². The SMILES string of the molecule is CC(C)(C)c1ccc(-c2cc(=O)c3cc(NC(=O)/C=C/c4ccccc4)ccc3o2)cc1. The van der Waals surface area contributed by atoms with Crippen molar-refractivity contribution in [3.05, 3.63) is 106 Å². The lowest BCUT2D eigenvalue weighted by Gasteiger charge is -2.19. The largest absolute Gasteiger partial charge is 0.456 e. The predicted octanol–water partition coefficient (Wildman–Crippen LogP) is 6.41. The maximum Gasteiger partial charge on any atom is 0.248 e. The van der Waals surface area contributed by atoms with Crippen LogP contribution >= 0.6 is 0 Å². The van der Waals surface area contributed by atoms with Gasteiger partial charge in [-0.25, -0.2) is 0 Å². The molecule has 0 fully saturated rings. The number of benzene rings is 3. The summed E-state index contributed by atoms with van der Waals surface area (Å²) in [5.41, 5.74) is 3.91. The fraction of sp³-hybridized carbons (Fsp3) is 0.143. The molecule has 0 aliphatic rings. The smallest absolute Gasteiger partial charge is 0.248 e. The number of hydrogen-bond donors (Lipinski definition) is 1. The van der Waals surface area contributed by atoms with E-state index in [0.717, 1.165) is 11.1 Å². The van der Waals surface area contributed by atoms with Crippen molar-refractivity contribution in [2.24, 2.45) is 0 Å². The summed E-state index contributed by atoms with van der Waals surface area (Å²) in [7, 11) is 0. The Balaban J connectivity index is 1.56. The molecule has 32 heavy (non-hydrogen) atoms. The van der Waals surface area contributed by atoms with E-state index in [1.165, 1.54) is 17.7 Å². The molecular formula is C28H25NO3. The summed E-state index contributed by atoms with van der Waals surface area (Å²) in [5.74, 6) is 0.249. The fourth-order valence-electron chi connectivity index (χ4n) is 3.43. The van der Waals surface area contributed by atoms with Crippen molar-refractivity contribution in [1.29, 1.82) is 0 Å². The first kappa shape index (κ1) is 21.3. The number of hydrogen-bond acceptors (Lipinski definition) is 3. The average Bonchev–Trinajstić information content (AvgIpc) is 2.78.